The van der Waals surface area contributed by atoms with Gasteiger partial charge in [0.05, 0.1) is 6.54 Å². The second-order valence-electron chi connectivity index (χ2n) is 5.54. The molecule has 1 amide bonds. The predicted molar refractivity (Wildman–Crippen MR) is 75.4 cm³/mol. The summed E-state index contributed by atoms with van der Waals surface area (Å²) in [5.41, 5.74) is 5.92. The first-order valence-electron chi connectivity index (χ1n) is 7.39. The zero-order valence-corrected chi connectivity index (χ0v) is 12.0. The molecule has 0 spiro atoms. The van der Waals surface area contributed by atoms with E-state index >= 15 is 0 Å². The number of carbonyl (C=O) groups is 1. The third kappa shape index (κ3) is 5.83. The van der Waals surface area contributed by atoms with Gasteiger partial charge in [0.2, 0.25) is 5.91 Å². The van der Waals surface area contributed by atoms with E-state index in [-0.39, 0.29) is 11.9 Å². The molecular formula is C14H29N3O. The summed E-state index contributed by atoms with van der Waals surface area (Å²) in [7, 11) is 0. The number of carbonyl (C=O) groups excluding carboxylic acids is 1. The quantitative estimate of drug-likeness (QED) is 0.756. The van der Waals surface area contributed by atoms with E-state index < -0.39 is 0 Å². The van der Waals surface area contributed by atoms with Crippen molar-refractivity contribution in [1.82, 2.24) is 10.2 Å². The van der Waals surface area contributed by atoms with Gasteiger partial charge in [0.1, 0.15) is 0 Å². The van der Waals surface area contributed by atoms with Crippen molar-refractivity contribution in [2.24, 2.45) is 5.73 Å². The Bertz CT molecular complexity index is 243. The third-order valence-corrected chi connectivity index (χ3v) is 3.56. The van der Waals surface area contributed by atoms with Crippen LogP contribution >= 0.6 is 0 Å². The Balaban J connectivity index is 2.47. The van der Waals surface area contributed by atoms with E-state index in [2.05, 4.69) is 24.1 Å². The lowest BCUT2D eigenvalue weighted by Crippen LogP contribution is -2.44. The molecule has 4 nitrogen and oxygen atoms in total. The average Bonchev–Trinajstić information content (AvgIpc) is 2.52. The van der Waals surface area contributed by atoms with Gasteiger partial charge in [0.25, 0.3) is 0 Å². The standard InChI is InChI=1S/C14H29N3O/c1-3-8-16-14(18)11-17-9-6-4-5-7-13(17)10-12(2)15/h12-13H,3-11,15H2,1-2H3,(H,16,18). The van der Waals surface area contributed by atoms with Gasteiger partial charge in [-0.3, -0.25) is 9.69 Å². The topological polar surface area (TPSA) is 58.4 Å². The van der Waals surface area contributed by atoms with Crippen LogP contribution in [0, 0.1) is 0 Å². The van der Waals surface area contributed by atoms with E-state index in [9.17, 15) is 4.79 Å². The fraction of sp³-hybridized carbons (Fsp3) is 0.929. The second kappa shape index (κ2) is 8.48. The van der Waals surface area contributed by atoms with Crippen molar-refractivity contribution in [2.75, 3.05) is 19.6 Å². The van der Waals surface area contributed by atoms with Gasteiger partial charge < -0.3 is 11.1 Å². The molecule has 0 aliphatic carbocycles. The minimum Gasteiger partial charge on any atom is -0.355 e. The van der Waals surface area contributed by atoms with Crippen molar-refractivity contribution in [3.63, 3.8) is 0 Å². The van der Waals surface area contributed by atoms with E-state index in [1.165, 1.54) is 25.7 Å². The molecule has 3 N–H and O–H groups in total. The van der Waals surface area contributed by atoms with Gasteiger partial charge in [0, 0.05) is 18.6 Å². The van der Waals surface area contributed by atoms with E-state index in [4.69, 9.17) is 5.73 Å². The summed E-state index contributed by atoms with van der Waals surface area (Å²) in [6, 6.07) is 0.703. The Labute approximate surface area is 111 Å². The number of amides is 1. The van der Waals surface area contributed by atoms with E-state index in [1.54, 1.807) is 0 Å². The smallest absolute Gasteiger partial charge is 0.234 e. The van der Waals surface area contributed by atoms with Crippen LogP contribution in [0.2, 0.25) is 0 Å². The Morgan fingerprint density at radius 1 is 1.44 bits per heavy atom. The first kappa shape index (κ1) is 15.4. The summed E-state index contributed by atoms with van der Waals surface area (Å²) in [4.78, 5) is 14.2. The van der Waals surface area contributed by atoms with Crippen molar-refractivity contribution in [1.29, 1.82) is 0 Å². The Morgan fingerprint density at radius 2 is 2.22 bits per heavy atom. The molecule has 1 heterocycles. The van der Waals surface area contributed by atoms with Gasteiger partial charge in [-0.05, 0) is 39.2 Å². The molecule has 0 bridgehead atoms. The minimum absolute atomic E-state index is 0.161. The molecule has 1 fully saturated rings. The fourth-order valence-corrected chi connectivity index (χ4v) is 2.65. The lowest BCUT2D eigenvalue weighted by Gasteiger charge is -2.30. The molecular weight excluding hydrogens is 226 g/mol. The van der Waals surface area contributed by atoms with Crippen LogP contribution in [-0.2, 0) is 4.79 Å². The van der Waals surface area contributed by atoms with E-state index in [0.717, 1.165) is 25.9 Å². The van der Waals surface area contributed by atoms with Crippen molar-refractivity contribution in [2.45, 2.75) is 64.5 Å². The van der Waals surface area contributed by atoms with Crippen LogP contribution in [0.1, 0.15) is 52.4 Å². The molecule has 1 rings (SSSR count). The van der Waals surface area contributed by atoms with Crippen LogP contribution in [0.4, 0.5) is 0 Å². The summed E-state index contributed by atoms with van der Waals surface area (Å²) >= 11 is 0. The molecule has 0 aromatic rings. The van der Waals surface area contributed by atoms with Gasteiger partial charge in [0.15, 0.2) is 0 Å². The molecule has 0 aromatic heterocycles. The van der Waals surface area contributed by atoms with Gasteiger partial charge in [-0.2, -0.15) is 0 Å². The number of nitrogens with two attached hydrogens (primary N) is 1. The van der Waals surface area contributed by atoms with E-state index in [0.29, 0.717) is 12.6 Å². The van der Waals surface area contributed by atoms with Crippen LogP contribution in [0.5, 0.6) is 0 Å². The highest BCUT2D eigenvalue weighted by atomic mass is 16.2. The maximum Gasteiger partial charge on any atom is 0.234 e. The van der Waals surface area contributed by atoms with Crippen molar-refractivity contribution < 1.29 is 4.79 Å². The highest BCUT2D eigenvalue weighted by molar-refractivity contribution is 5.78. The van der Waals surface area contributed by atoms with Gasteiger partial charge in [-0.25, -0.2) is 0 Å². The summed E-state index contributed by atoms with van der Waals surface area (Å²) in [5.74, 6) is 0.161. The Hall–Kier alpha value is -0.610. The van der Waals surface area contributed by atoms with Crippen LogP contribution < -0.4 is 11.1 Å². The Morgan fingerprint density at radius 3 is 2.89 bits per heavy atom. The van der Waals surface area contributed by atoms with Gasteiger partial charge in [-0.1, -0.05) is 19.8 Å². The number of likely N-dealkylation sites (tertiary alicyclic amines) is 1. The molecule has 1 saturated heterocycles. The fourth-order valence-electron chi connectivity index (χ4n) is 2.65. The lowest BCUT2D eigenvalue weighted by molar-refractivity contribution is -0.122. The van der Waals surface area contributed by atoms with Crippen LogP contribution in [-0.4, -0.2) is 42.5 Å². The Kier molecular flexibility index (Phi) is 7.28. The zero-order valence-electron chi connectivity index (χ0n) is 12.0. The zero-order chi connectivity index (χ0) is 13.4. The number of rotatable bonds is 6. The summed E-state index contributed by atoms with van der Waals surface area (Å²) in [5, 5.41) is 2.96. The highest BCUT2D eigenvalue weighted by Crippen LogP contribution is 2.19. The predicted octanol–water partition coefficient (Wildman–Crippen LogP) is 1.49. The average molecular weight is 255 g/mol. The number of hydrogen-bond acceptors (Lipinski definition) is 3. The molecule has 1 aliphatic rings. The van der Waals surface area contributed by atoms with E-state index in [1.807, 2.05) is 0 Å². The normalized spacial score (nSPS) is 23.4. The minimum atomic E-state index is 0.161. The maximum atomic E-state index is 11.8. The summed E-state index contributed by atoms with van der Waals surface area (Å²) in [6.07, 6.45) is 6.93. The molecule has 0 radical (unpaired) electrons. The monoisotopic (exact) mass is 255 g/mol. The molecule has 1 aliphatic heterocycles. The number of hydrogen-bond donors (Lipinski definition) is 2. The molecule has 106 valence electrons. The summed E-state index contributed by atoms with van der Waals surface area (Å²) < 4.78 is 0. The van der Waals surface area contributed by atoms with Crippen molar-refractivity contribution in [3.8, 4) is 0 Å². The second-order valence-corrected chi connectivity index (χ2v) is 5.54. The van der Waals surface area contributed by atoms with Crippen LogP contribution in [0.25, 0.3) is 0 Å². The summed E-state index contributed by atoms with van der Waals surface area (Å²) in [6.45, 7) is 6.49. The first-order chi connectivity index (χ1) is 8.63. The highest BCUT2D eigenvalue weighted by Gasteiger charge is 2.23. The van der Waals surface area contributed by atoms with Crippen molar-refractivity contribution >= 4 is 5.91 Å². The molecule has 0 aromatic carbocycles. The van der Waals surface area contributed by atoms with Crippen molar-refractivity contribution in [3.05, 3.63) is 0 Å². The van der Waals surface area contributed by atoms with Gasteiger partial charge >= 0.3 is 0 Å². The van der Waals surface area contributed by atoms with Crippen LogP contribution in [0.15, 0.2) is 0 Å². The molecule has 4 heteroatoms. The number of nitrogens with zero attached hydrogens (tertiary/aromatic N) is 1. The third-order valence-electron chi connectivity index (χ3n) is 3.56. The molecule has 18 heavy (non-hydrogen) atoms. The largest absolute Gasteiger partial charge is 0.355 e. The SMILES string of the molecule is CCCNC(=O)CN1CCCCCC1CC(C)N. The first-order valence-corrected chi connectivity index (χ1v) is 7.39. The van der Waals surface area contributed by atoms with Gasteiger partial charge in [-0.15, -0.1) is 0 Å². The van der Waals surface area contributed by atoms with Crippen LogP contribution in [0.3, 0.4) is 0 Å². The lowest BCUT2D eigenvalue weighted by atomic mass is 10.0. The maximum absolute atomic E-state index is 11.8. The molecule has 0 saturated carbocycles. The molecule has 2 atom stereocenters. The molecule has 2 unspecified atom stereocenters. The number of nitrogens with one attached hydrogen (secondary N) is 1.